The van der Waals surface area contributed by atoms with Gasteiger partial charge in [-0.3, -0.25) is 0 Å². The number of hydrogen-bond acceptors (Lipinski definition) is 2. The van der Waals surface area contributed by atoms with Crippen LogP contribution >= 0.6 is 15.9 Å². The molecule has 0 aliphatic carbocycles. The molecule has 0 aromatic heterocycles. The standard InChI is InChI=1S/C17H21BrN2/c1-13-10-15(6-9-17(13)18)11-19-16-7-4-14(5-8-16)12-20(2)3/h4-10,19H,11-12H2,1-3H3. The van der Waals surface area contributed by atoms with E-state index in [1.165, 1.54) is 16.7 Å². The van der Waals surface area contributed by atoms with Crippen LogP contribution in [-0.4, -0.2) is 19.0 Å². The normalized spacial score (nSPS) is 10.8. The average Bonchev–Trinajstić information content (AvgIpc) is 2.41. The molecule has 1 N–H and O–H groups in total. The Balaban J connectivity index is 1.95. The number of nitrogens with one attached hydrogen (secondary N) is 1. The number of aryl methyl sites for hydroxylation is 1. The quantitative estimate of drug-likeness (QED) is 0.871. The van der Waals surface area contributed by atoms with Gasteiger partial charge in [-0.05, 0) is 55.9 Å². The molecule has 0 saturated carbocycles. The number of nitrogens with zero attached hydrogens (tertiary/aromatic N) is 1. The lowest BCUT2D eigenvalue weighted by molar-refractivity contribution is 0.402. The highest BCUT2D eigenvalue weighted by Crippen LogP contribution is 2.18. The molecule has 0 bridgehead atoms. The molecule has 0 atom stereocenters. The Morgan fingerprint density at radius 2 is 1.65 bits per heavy atom. The fourth-order valence-electron chi connectivity index (χ4n) is 2.11. The van der Waals surface area contributed by atoms with Crippen LogP contribution in [0, 0.1) is 6.92 Å². The molecule has 0 aliphatic rings. The van der Waals surface area contributed by atoms with Gasteiger partial charge in [0.25, 0.3) is 0 Å². The molecule has 2 aromatic carbocycles. The van der Waals surface area contributed by atoms with Gasteiger partial charge in [0.1, 0.15) is 0 Å². The minimum absolute atomic E-state index is 0.848. The fourth-order valence-corrected chi connectivity index (χ4v) is 2.36. The van der Waals surface area contributed by atoms with Crippen LogP contribution < -0.4 is 5.32 Å². The van der Waals surface area contributed by atoms with Gasteiger partial charge in [-0.25, -0.2) is 0 Å². The summed E-state index contributed by atoms with van der Waals surface area (Å²) in [6.07, 6.45) is 0. The van der Waals surface area contributed by atoms with Crippen molar-refractivity contribution < 1.29 is 0 Å². The van der Waals surface area contributed by atoms with Gasteiger partial charge in [0.05, 0.1) is 0 Å². The molecule has 20 heavy (non-hydrogen) atoms. The van der Waals surface area contributed by atoms with Gasteiger partial charge < -0.3 is 10.2 Å². The minimum atomic E-state index is 0.848. The maximum absolute atomic E-state index is 3.53. The van der Waals surface area contributed by atoms with Crippen LogP contribution in [0.5, 0.6) is 0 Å². The van der Waals surface area contributed by atoms with Crippen molar-refractivity contribution in [2.75, 3.05) is 19.4 Å². The van der Waals surface area contributed by atoms with E-state index in [1.807, 2.05) is 0 Å². The molecule has 0 amide bonds. The minimum Gasteiger partial charge on any atom is -0.381 e. The summed E-state index contributed by atoms with van der Waals surface area (Å²) in [5, 5.41) is 3.46. The van der Waals surface area contributed by atoms with Gasteiger partial charge in [-0.2, -0.15) is 0 Å². The summed E-state index contributed by atoms with van der Waals surface area (Å²) in [5.41, 5.74) is 5.06. The number of rotatable bonds is 5. The molecule has 0 aliphatic heterocycles. The van der Waals surface area contributed by atoms with Crippen LogP contribution in [0.25, 0.3) is 0 Å². The van der Waals surface area contributed by atoms with E-state index in [0.29, 0.717) is 0 Å². The van der Waals surface area contributed by atoms with E-state index in [2.05, 4.69) is 89.6 Å². The van der Waals surface area contributed by atoms with Gasteiger partial charge in [-0.15, -0.1) is 0 Å². The molecule has 2 aromatic rings. The predicted octanol–water partition coefficient (Wildman–Crippen LogP) is 4.43. The van der Waals surface area contributed by atoms with E-state index in [4.69, 9.17) is 0 Å². The number of hydrogen-bond donors (Lipinski definition) is 1. The molecule has 3 heteroatoms. The lowest BCUT2D eigenvalue weighted by Gasteiger charge is -2.11. The zero-order chi connectivity index (χ0) is 14.5. The molecule has 0 spiro atoms. The Kier molecular flexibility index (Phi) is 5.21. The van der Waals surface area contributed by atoms with Crippen molar-refractivity contribution >= 4 is 21.6 Å². The predicted molar refractivity (Wildman–Crippen MR) is 90.0 cm³/mol. The Labute approximate surface area is 129 Å². The maximum atomic E-state index is 3.53. The van der Waals surface area contributed by atoms with Gasteiger partial charge in [0.15, 0.2) is 0 Å². The van der Waals surface area contributed by atoms with Crippen LogP contribution in [0.3, 0.4) is 0 Å². The number of halogens is 1. The Bertz CT molecular complexity index is 562. The first-order valence-electron chi connectivity index (χ1n) is 6.77. The van der Waals surface area contributed by atoms with E-state index in [0.717, 1.165) is 23.2 Å². The Hall–Kier alpha value is -1.32. The number of benzene rings is 2. The van der Waals surface area contributed by atoms with Crippen molar-refractivity contribution in [2.45, 2.75) is 20.0 Å². The molecule has 0 saturated heterocycles. The first kappa shape index (κ1) is 15.1. The summed E-state index contributed by atoms with van der Waals surface area (Å²) < 4.78 is 1.16. The highest BCUT2D eigenvalue weighted by molar-refractivity contribution is 9.10. The van der Waals surface area contributed by atoms with Crippen LogP contribution in [-0.2, 0) is 13.1 Å². The molecular formula is C17H21BrN2. The summed E-state index contributed by atoms with van der Waals surface area (Å²) >= 11 is 3.53. The lowest BCUT2D eigenvalue weighted by Crippen LogP contribution is -2.10. The second-order valence-electron chi connectivity index (χ2n) is 5.37. The van der Waals surface area contributed by atoms with Crippen LogP contribution in [0.15, 0.2) is 46.9 Å². The SMILES string of the molecule is Cc1cc(CNc2ccc(CN(C)C)cc2)ccc1Br. The third-order valence-corrected chi connectivity index (χ3v) is 4.06. The van der Waals surface area contributed by atoms with Crippen LogP contribution in [0.4, 0.5) is 5.69 Å². The number of anilines is 1. The third-order valence-electron chi connectivity index (χ3n) is 3.17. The topological polar surface area (TPSA) is 15.3 Å². The monoisotopic (exact) mass is 332 g/mol. The van der Waals surface area contributed by atoms with Crippen LogP contribution in [0.1, 0.15) is 16.7 Å². The summed E-state index contributed by atoms with van der Waals surface area (Å²) in [7, 11) is 4.17. The summed E-state index contributed by atoms with van der Waals surface area (Å²) in [6.45, 7) is 3.94. The largest absolute Gasteiger partial charge is 0.381 e. The average molecular weight is 333 g/mol. The van der Waals surface area contributed by atoms with Crippen molar-refractivity contribution in [1.82, 2.24) is 4.90 Å². The van der Waals surface area contributed by atoms with E-state index >= 15 is 0 Å². The van der Waals surface area contributed by atoms with Crippen molar-refractivity contribution in [2.24, 2.45) is 0 Å². The van der Waals surface area contributed by atoms with Gasteiger partial charge in [-0.1, -0.05) is 40.2 Å². The third kappa shape index (κ3) is 4.36. The Morgan fingerprint density at radius 1 is 1.00 bits per heavy atom. The fraction of sp³-hybridized carbons (Fsp3) is 0.294. The van der Waals surface area contributed by atoms with Crippen molar-refractivity contribution in [3.63, 3.8) is 0 Å². The molecular weight excluding hydrogens is 312 g/mol. The zero-order valence-corrected chi connectivity index (χ0v) is 13.9. The molecule has 0 unspecified atom stereocenters. The second kappa shape index (κ2) is 6.91. The van der Waals surface area contributed by atoms with E-state index in [9.17, 15) is 0 Å². The van der Waals surface area contributed by atoms with Crippen molar-refractivity contribution in [3.05, 3.63) is 63.6 Å². The summed E-state index contributed by atoms with van der Waals surface area (Å²) in [4.78, 5) is 2.17. The first-order valence-corrected chi connectivity index (χ1v) is 7.56. The summed E-state index contributed by atoms with van der Waals surface area (Å²) in [5.74, 6) is 0. The molecule has 2 rings (SSSR count). The second-order valence-corrected chi connectivity index (χ2v) is 6.23. The lowest BCUT2D eigenvalue weighted by atomic mass is 10.1. The highest BCUT2D eigenvalue weighted by atomic mass is 79.9. The molecule has 0 fully saturated rings. The van der Waals surface area contributed by atoms with E-state index < -0.39 is 0 Å². The van der Waals surface area contributed by atoms with E-state index in [-0.39, 0.29) is 0 Å². The highest BCUT2D eigenvalue weighted by Gasteiger charge is 1.99. The first-order chi connectivity index (χ1) is 9.54. The van der Waals surface area contributed by atoms with Gasteiger partial charge in [0.2, 0.25) is 0 Å². The smallest absolute Gasteiger partial charge is 0.0400 e. The van der Waals surface area contributed by atoms with Crippen molar-refractivity contribution in [1.29, 1.82) is 0 Å². The zero-order valence-electron chi connectivity index (χ0n) is 12.3. The molecule has 106 valence electrons. The molecule has 0 heterocycles. The maximum Gasteiger partial charge on any atom is 0.0400 e. The van der Waals surface area contributed by atoms with Crippen LogP contribution in [0.2, 0.25) is 0 Å². The van der Waals surface area contributed by atoms with Gasteiger partial charge in [0, 0.05) is 23.2 Å². The van der Waals surface area contributed by atoms with Gasteiger partial charge >= 0.3 is 0 Å². The summed E-state index contributed by atoms with van der Waals surface area (Å²) in [6, 6.07) is 15.1. The van der Waals surface area contributed by atoms with E-state index in [1.54, 1.807) is 0 Å². The molecule has 2 nitrogen and oxygen atoms in total. The van der Waals surface area contributed by atoms with Crippen molar-refractivity contribution in [3.8, 4) is 0 Å². The Morgan fingerprint density at radius 3 is 2.25 bits per heavy atom. The molecule has 0 radical (unpaired) electrons.